The highest BCUT2D eigenvalue weighted by Crippen LogP contribution is 2.14. The minimum atomic E-state index is -0.222. The minimum Gasteiger partial charge on any atom is -0.350 e. The molecule has 6 heteroatoms. The van der Waals surface area contributed by atoms with Gasteiger partial charge in [0.25, 0.3) is 0 Å². The van der Waals surface area contributed by atoms with Crippen molar-refractivity contribution >= 4 is 23.2 Å². The summed E-state index contributed by atoms with van der Waals surface area (Å²) in [5, 5.41) is 5.14. The molecule has 0 radical (unpaired) electrons. The average molecular weight is 265 g/mol. The van der Waals surface area contributed by atoms with E-state index in [9.17, 15) is 9.59 Å². The first-order chi connectivity index (χ1) is 8.61. The zero-order chi connectivity index (χ0) is 13.4. The zero-order valence-corrected chi connectivity index (χ0v) is 10.9. The molecule has 1 aromatic rings. The van der Waals surface area contributed by atoms with Crippen LogP contribution in [0.25, 0.3) is 0 Å². The quantitative estimate of drug-likeness (QED) is 0.660. The maximum Gasteiger partial charge on any atom is 0.239 e. The van der Waals surface area contributed by atoms with Gasteiger partial charge in [-0.25, -0.2) is 0 Å². The molecule has 2 amide bonds. The fourth-order valence-corrected chi connectivity index (χ4v) is 1.95. The molecule has 5 nitrogen and oxygen atoms in total. The van der Waals surface area contributed by atoms with E-state index in [1.807, 2.05) is 12.1 Å². The Labute approximate surface area is 110 Å². The highest BCUT2D eigenvalue weighted by molar-refractivity contribution is 7.12. The van der Waals surface area contributed by atoms with Crippen LogP contribution >= 0.6 is 11.3 Å². The molecule has 0 spiro atoms. The molecule has 96 valence electrons. The molecule has 0 fully saturated rings. The smallest absolute Gasteiger partial charge is 0.239 e. The van der Waals surface area contributed by atoms with E-state index in [-0.39, 0.29) is 18.4 Å². The van der Waals surface area contributed by atoms with E-state index in [1.165, 1.54) is 18.3 Å². The molecule has 0 aliphatic carbocycles. The Morgan fingerprint density at radius 1 is 1.39 bits per heavy atom. The summed E-state index contributed by atoms with van der Waals surface area (Å²) in [6.45, 7) is 2.14. The average Bonchev–Trinajstić information content (AvgIpc) is 2.79. The summed E-state index contributed by atoms with van der Waals surface area (Å²) in [5.41, 5.74) is 5.28. The summed E-state index contributed by atoms with van der Waals surface area (Å²) in [4.78, 5) is 23.9. The van der Waals surface area contributed by atoms with Crippen molar-refractivity contribution < 1.29 is 9.59 Å². The maximum absolute atomic E-state index is 11.3. The van der Waals surface area contributed by atoms with E-state index in [0.717, 1.165) is 9.75 Å². The molecule has 0 unspecified atom stereocenters. The number of hydrogen-bond donors (Lipinski definition) is 3. The van der Waals surface area contributed by atoms with Crippen LogP contribution in [0.1, 0.15) is 16.7 Å². The van der Waals surface area contributed by atoms with Crippen molar-refractivity contribution in [3.63, 3.8) is 0 Å². The van der Waals surface area contributed by atoms with Gasteiger partial charge in [-0.15, -0.1) is 11.3 Å². The summed E-state index contributed by atoms with van der Waals surface area (Å²) in [6, 6.07) is 3.80. The number of carbonyl (C=O) groups excluding carboxylic acids is 2. The van der Waals surface area contributed by atoms with E-state index in [4.69, 9.17) is 5.73 Å². The highest BCUT2D eigenvalue weighted by atomic mass is 32.1. The third-order valence-electron chi connectivity index (χ3n) is 1.93. The number of nitrogens with two attached hydrogens (primary N) is 1. The first-order valence-corrected chi connectivity index (χ1v) is 6.22. The number of amides is 2. The normalized spacial score (nSPS) is 9.22. The van der Waals surface area contributed by atoms with Crippen LogP contribution in [0.2, 0.25) is 0 Å². The van der Waals surface area contributed by atoms with Crippen LogP contribution in [0.5, 0.6) is 0 Å². The van der Waals surface area contributed by atoms with Crippen molar-refractivity contribution in [2.24, 2.45) is 5.73 Å². The SMILES string of the molecule is CC(=O)NCC(=O)NCc1ccc(C#CCN)s1. The van der Waals surface area contributed by atoms with Crippen molar-refractivity contribution in [1.29, 1.82) is 0 Å². The lowest BCUT2D eigenvalue weighted by molar-refractivity contribution is -0.125. The first kappa shape index (κ1) is 14.2. The zero-order valence-electron chi connectivity index (χ0n) is 10.1. The van der Waals surface area contributed by atoms with Crippen LogP contribution in [-0.2, 0) is 16.1 Å². The van der Waals surface area contributed by atoms with Crippen LogP contribution in [0, 0.1) is 11.8 Å². The van der Waals surface area contributed by atoms with Crippen LogP contribution in [-0.4, -0.2) is 24.9 Å². The van der Waals surface area contributed by atoms with Gasteiger partial charge < -0.3 is 16.4 Å². The van der Waals surface area contributed by atoms with Gasteiger partial charge in [0.1, 0.15) is 0 Å². The molecule has 0 atom stereocenters. The fraction of sp³-hybridized carbons (Fsp3) is 0.333. The largest absolute Gasteiger partial charge is 0.350 e. The summed E-state index contributed by atoms with van der Waals surface area (Å²) < 4.78 is 0. The molecule has 0 aliphatic rings. The Morgan fingerprint density at radius 3 is 2.83 bits per heavy atom. The lowest BCUT2D eigenvalue weighted by Crippen LogP contribution is -2.35. The molecule has 1 heterocycles. The monoisotopic (exact) mass is 265 g/mol. The van der Waals surface area contributed by atoms with Crippen LogP contribution in [0.15, 0.2) is 12.1 Å². The maximum atomic E-state index is 11.3. The molecule has 1 aromatic heterocycles. The summed E-state index contributed by atoms with van der Waals surface area (Å²) in [6.07, 6.45) is 0. The predicted molar refractivity (Wildman–Crippen MR) is 70.8 cm³/mol. The van der Waals surface area contributed by atoms with Gasteiger partial charge >= 0.3 is 0 Å². The fourth-order valence-electron chi connectivity index (χ4n) is 1.13. The second kappa shape index (κ2) is 7.48. The third kappa shape index (κ3) is 5.48. The van der Waals surface area contributed by atoms with E-state index in [1.54, 1.807) is 0 Å². The number of nitrogens with one attached hydrogen (secondary N) is 2. The van der Waals surface area contributed by atoms with Crippen molar-refractivity contribution in [3.05, 3.63) is 21.9 Å². The van der Waals surface area contributed by atoms with Gasteiger partial charge in [-0.1, -0.05) is 11.8 Å². The number of thiophene rings is 1. The van der Waals surface area contributed by atoms with Crippen LogP contribution < -0.4 is 16.4 Å². The molecule has 0 bridgehead atoms. The summed E-state index contributed by atoms with van der Waals surface area (Å²) in [5.74, 6) is 5.26. The third-order valence-corrected chi connectivity index (χ3v) is 2.93. The topological polar surface area (TPSA) is 84.2 Å². The Kier molecular flexibility index (Phi) is 5.91. The predicted octanol–water partition coefficient (Wildman–Crippen LogP) is -0.189. The van der Waals surface area contributed by atoms with E-state index >= 15 is 0 Å². The van der Waals surface area contributed by atoms with Crippen molar-refractivity contribution in [1.82, 2.24) is 10.6 Å². The van der Waals surface area contributed by atoms with E-state index in [2.05, 4.69) is 22.5 Å². The van der Waals surface area contributed by atoms with Gasteiger partial charge in [0, 0.05) is 11.8 Å². The van der Waals surface area contributed by atoms with Crippen molar-refractivity contribution in [2.75, 3.05) is 13.1 Å². The molecular formula is C12H15N3O2S. The summed E-state index contributed by atoms with van der Waals surface area (Å²) in [7, 11) is 0. The molecule has 18 heavy (non-hydrogen) atoms. The standard InChI is InChI=1S/C12H15N3O2S/c1-9(16)14-8-12(17)15-7-11-5-4-10(18-11)3-2-6-13/h4-5H,6-8,13H2,1H3,(H,14,16)(H,15,17). The van der Waals surface area contributed by atoms with Crippen molar-refractivity contribution in [3.8, 4) is 11.8 Å². The van der Waals surface area contributed by atoms with Crippen LogP contribution in [0.3, 0.4) is 0 Å². The Bertz CT molecular complexity index is 485. The molecular weight excluding hydrogens is 250 g/mol. The Balaban J connectivity index is 2.37. The van der Waals surface area contributed by atoms with E-state index < -0.39 is 0 Å². The molecule has 0 saturated heterocycles. The van der Waals surface area contributed by atoms with Gasteiger partial charge in [0.15, 0.2) is 0 Å². The van der Waals surface area contributed by atoms with Crippen LogP contribution in [0.4, 0.5) is 0 Å². The second-order valence-corrected chi connectivity index (χ2v) is 4.63. The van der Waals surface area contributed by atoms with Gasteiger partial charge in [-0.2, -0.15) is 0 Å². The molecule has 4 N–H and O–H groups in total. The molecule has 0 aliphatic heterocycles. The minimum absolute atomic E-state index is 0.000540. The van der Waals surface area contributed by atoms with Gasteiger partial charge in [-0.3, -0.25) is 9.59 Å². The lowest BCUT2D eigenvalue weighted by Gasteiger charge is -2.03. The van der Waals surface area contributed by atoms with Gasteiger partial charge in [0.05, 0.1) is 24.5 Å². The molecule has 0 aromatic carbocycles. The Morgan fingerprint density at radius 2 is 2.17 bits per heavy atom. The van der Waals surface area contributed by atoms with E-state index in [0.29, 0.717) is 13.1 Å². The Hall–Kier alpha value is -1.84. The first-order valence-electron chi connectivity index (χ1n) is 5.40. The number of hydrogen-bond acceptors (Lipinski definition) is 4. The number of carbonyl (C=O) groups is 2. The lowest BCUT2D eigenvalue weighted by atomic mass is 10.4. The number of rotatable bonds is 4. The molecule has 1 rings (SSSR count). The highest BCUT2D eigenvalue weighted by Gasteiger charge is 2.03. The second-order valence-electron chi connectivity index (χ2n) is 3.46. The van der Waals surface area contributed by atoms with Crippen molar-refractivity contribution in [2.45, 2.75) is 13.5 Å². The van der Waals surface area contributed by atoms with Gasteiger partial charge in [-0.05, 0) is 12.1 Å². The summed E-state index contributed by atoms with van der Waals surface area (Å²) >= 11 is 1.51. The van der Waals surface area contributed by atoms with Gasteiger partial charge in [0.2, 0.25) is 11.8 Å². The molecule has 0 saturated carbocycles.